The summed E-state index contributed by atoms with van der Waals surface area (Å²) < 4.78 is 2.42. The molecule has 10 heteroatoms. The first-order valence-corrected chi connectivity index (χ1v) is 10.6. The van der Waals surface area contributed by atoms with Crippen molar-refractivity contribution in [2.24, 2.45) is 0 Å². The van der Waals surface area contributed by atoms with E-state index in [-0.39, 0.29) is 17.4 Å². The topological polar surface area (TPSA) is 121 Å². The van der Waals surface area contributed by atoms with Crippen LogP contribution in [0.4, 0.5) is 5.82 Å². The summed E-state index contributed by atoms with van der Waals surface area (Å²) in [5.74, 6) is 0.915. The molecule has 2 heterocycles. The molecule has 0 saturated carbocycles. The van der Waals surface area contributed by atoms with Gasteiger partial charge in [-0.15, -0.1) is 0 Å². The molecule has 0 fully saturated rings. The van der Waals surface area contributed by atoms with Gasteiger partial charge in [-0.3, -0.25) is 4.79 Å². The van der Waals surface area contributed by atoms with Crippen LogP contribution in [0.2, 0.25) is 0 Å². The van der Waals surface area contributed by atoms with Crippen molar-refractivity contribution in [3.05, 3.63) is 70.8 Å². The number of phenols is 1. The minimum atomic E-state index is -0.210. The van der Waals surface area contributed by atoms with Crippen LogP contribution in [0.15, 0.2) is 65.3 Å². The summed E-state index contributed by atoms with van der Waals surface area (Å²) in [6.45, 7) is 1.04. The van der Waals surface area contributed by atoms with Crippen LogP contribution in [0, 0.1) is 0 Å². The van der Waals surface area contributed by atoms with E-state index in [4.69, 9.17) is 5.26 Å². The van der Waals surface area contributed by atoms with E-state index in [2.05, 4.69) is 41.5 Å². The van der Waals surface area contributed by atoms with Crippen molar-refractivity contribution in [1.82, 2.24) is 19.9 Å². The highest BCUT2D eigenvalue weighted by Crippen LogP contribution is 2.31. The van der Waals surface area contributed by atoms with Gasteiger partial charge >= 0.3 is 0 Å². The Hall–Kier alpha value is -3.63. The summed E-state index contributed by atoms with van der Waals surface area (Å²) in [6, 6.07) is 15.0. The highest BCUT2D eigenvalue weighted by molar-refractivity contribution is 9.10. The number of rotatable bonds is 8. The molecular formula is C22H20BrN5O4. The molecule has 0 unspecified atom stereocenters. The van der Waals surface area contributed by atoms with Crippen molar-refractivity contribution in [1.29, 1.82) is 0 Å². The third kappa shape index (κ3) is 4.66. The molecule has 0 radical (unpaired) electrons. The number of hydrogen-bond donors (Lipinski definition) is 4. The number of benzene rings is 2. The second-order valence-corrected chi connectivity index (χ2v) is 7.78. The molecular weight excluding hydrogens is 478 g/mol. The van der Waals surface area contributed by atoms with Crippen LogP contribution in [-0.4, -0.2) is 44.0 Å². The smallest absolute Gasteiger partial charge is 0.251 e. The summed E-state index contributed by atoms with van der Waals surface area (Å²) in [6.07, 6.45) is 2.33. The molecule has 9 nitrogen and oxygen atoms in total. The molecule has 0 aliphatic carbocycles. The maximum Gasteiger partial charge on any atom is 0.251 e. The maximum absolute atomic E-state index is 12.2. The van der Waals surface area contributed by atoms with Gasteiger partial charge in [0.15, 0.2) is 11.4 Å². The predicted molar refractivity (Wildman–Crippen MR) is 123 cm³/mol. The van der Waals surface area contributed by atoms with Gasteiger partial charge in [0.05, 0.1) is 16.4 Å². The fourth-order valence-electron chi connectivity index (χ4n) is 3.17. The largest absolute Gasteiger partial charge is 0.507 e. The number of nitrogens with one attached hydrogen (secondary N) is 2. The minimum Gasteiger partial charge on any atom is -0.507 e. The number of hydrogen-bond acceptors (Lipinski definition) is 7. The molecule has 0 spiro atoms. The number of carbonyl (C=O) groups excluding carboxylic acids is 1. The van der Waals surface area contributed by atoms with Gasteiger partial charge < -0.3 is 20.6 Å². The number of para-hydroxylation sites is 1. The van der Waals surface area contributed by atoms with Crippen LogP contribution in [0.25, 0.3) is 16.9 Å². The number of anilines is 1. The molecule has 0 bridgehead atoms. The van der Waals surface area contributed by atoms with Crippen LogP contribution < -0.4 is 15.5 Å². The Bertz CT molecular complexity index is 1240. The number of amides is 1. The molecule has 164 valence electrons. The van der Waals surface area contributed by atoms with Crippen molar-refractivity contribution < 1.29 is 20.0 Å². The molecule has 0 atom stereocenters. The maximum atomic E-state index is 12.2. The molecule has 0 aliphatic heterocycles. The molecule has 0 saturated heterocycles. The average Bonchev–Trinajstić information content (AvgIpc) is 3.19. The number of aromatic hydroxyl groups is 1. The van der Waals surface area contributed by atoms with Crippen LogP contribution in [-0.2, 0) is 0 Å². The molecule has 2 aromatic carbocycles. The molecule has 4 N–H and O–H groups in total. The number of fused-ring (bicyclic) bond motifs is 1. The zero-order valence-electron chi connectivity index (χ0n) is 16.8. The molecule has 1 amide bonds. The summed E-state index contributed by atoms with van der Waals surface area (Å²) in [5, 5.41) is 29.3. The van der Waals surface area contributed by atoms with Crippen molar-refractivity contribution in [2.75, 3.05) is 18.4 Å². The number of halogens is 1. The number of aromatic nitrogens is 3. The van der Waals surface area contributed by atoms with Crippen LogP contribution in [0.1, 0.15) is 16.8 Å². The summed E-state index contributed by atoms with van der Waals surface area (Å²) in [7, 11) is 0. The summed E-state index contributed by atoms with van der Waals surface area (Å²) in [5.41, 5.74) is 2.33. The highest BCUT2D eigenvalue weighted by atomic mass is 79.9. The average molecular weight is 498 g/mol. The van der Waals surface area contributed by atoms with Gasteiger partial charge in [-0.05, 0) is 58.7 Å². The normalized spacial score (nSPS) is 10.8. The Balaban J connectivity index is 1.40. The third-order valence-corrected chi connectivity index (χ3v) is 5.34. The molecule has 4 aromatic rings. The van der Waals surface area contributed by atoms with E-state index < -0.39 is 0 Å². The zero-order valence-corrected chi connectivity index (χ0v) is 18.4. The highest BCUT2D eigenvalue weighted by Gasteiger charge is 2.13. The number of phenolic OH excluding ortho intramolecular Hbond substituents is 1. The fourth-order valence-corrected chi connectivity index (χ4v) is 3.51. The lowest BCUT2D eigenvalue weighted by atomic mass is 10.1. The van der Waals surface area contributed by atoms with E-state index in [0.717, 1.165) is 4.47 Å². The van der Waals surface area contributed by atoms with Gasteiger partial charge in [0.2, 0.25) is 0 Å². The van der Waals surface area contributed by atoms with Crippen LogP contribution in [0.3, 0.4) is 0 Å². The monoisotopic (exact) mass is 497 g/mol. The van der Waals surface area contributed by atoms with Crippen molar-refractivity contribution in [3.63, 3.8) is 0 Å². The lowest BCUT2D eigenvalue weighted by Gasteiger charge is -2.12. The van der Waals surface area contributed by atoms with E-state index in [1.165, 1.54) is 12.1 Å². The quantitative estimate of drug-likeness (QED) is 0.165. The zero-order chi connectivity index (χ0) is 22.5. The van der Waals surface area contributed by atoms with Gasteiger partial charge in [0.1, 0.15) is 11.6 Å². The van der Waals surface area contributed by atoms with Gasteiger partial charge in [-0.2, -0.15) is 9.61 Å². The fraction of sp³-hybridized carbons (Fsp3) is 0.136. The third-order valence-electron chi connectivity index (χ3n) is 4.78. The van der Waals surface area contributed by atoms with Crippen LogP contribution in [0.5, 0.6) is 11.5 Å². The van der Waals surface area contributed by atoms with Gasteiger partial charge in [0, 0.05) is 30.3 Å². The summed E-state index contributed by atoms with van der Waals surface area (Å²) >= 11 is 3.46. The van der Waals surface area contributed by atoms with Gasteiger partial charge in [-0.1, -0.05) is 12.1 Å². The lowest BCUT2D eigenvalue weighted by Crippen LogP contribution is -2.25. The number of carbonyl (C=O) groups is 1. The Kier molecular flexibility index (Phi) is 6.52. The van der Waals surface area contributed by atoms with E-state index in [1.807, 2.05) is 12.1 Å². The number of nitrogens with zero attached hydrogens (tertiary/aromatic N) is 3. The predicted octanol–water partition coefficient (Wildman–Crippen LogP) is 3.95. The Labute approximate surface area is 191 Å². The van der Waals surface area contributed by atoms with Gasteiger partial charge in [-0.25, -0.2) is 10.2 Å². The Morgan fingerprint density at radius 3 is 2.66 bits per heavy atom. The standard InChI is InChI=1S/C22H20BrN5O4/c23-17-13-26-28-20(12-18(27-21(17)28)16-4-1-2-5-19(16)29)24-10-3-11-25-22(30)14-6-8-15(32-31)9-7-14/h1-2,4-9,12-13,24,29,31H,3,10-11H2,(H,25,30). The molecule has 4 rings (SSSR count). The minimum absolute atomic E-state index is 0.146. The lowest BCUT2D eigenvalue weighted by molar-refractivity contribution is -0.137. The Morgan fingerprint density at radius 2 is 1.91 bits per heavy atom. The molecule has 32 heavy (non-hydrogen) atoms. The van der Waals surface area contributed by atoms with Crippen LogP contribution >= 0.6 is 15.9 Å². The first-order chi connectivity index (χ1) is 15.6. The second kappa shape index (κ2) is 9.67. The van der Waals surface area contributed by atoms with Crippen molar-refractivity contribution in [2.45, 2.75) is 6.42 Å². The van der Waals surface area contributed by atoms with E-state index in [1.54, 1.807) is 41.0 Å². The SMILES string of the molecule is O=C(NCCCNc1cc(-c2ccccc2O)nc2c(Br)cnn12)c1ccc(OO)cc1. The first-order valence-electron chi connectivity index (χ1n) is 9.83. The summed E-state index contributed by atoms with van der Waals surface area (Å²) in [4.78, 5) is 20.9. The molecule has 2 aromatic heterocycles. The first kappa shape index (κ1) is 21.6. The Morgan fingerprint density at radius 1 is 1.12 bits per heavy atom. The van der Waals surface area contributed by atoms with E-state index in [9.17, 15) is 9.90 Å². The second-order valence-electron chi connectivity index (χ2n) is 6.92. The van der Waals surface area contributed by atoms with Crippen molar-refractivity contribution >= 4 is 33.3 Å². The molecule has 0 aliphatic rings. The van der Waals surface area contributed by atoms with E-state index >= 15 is 0 Å². The van der Waals surface area contributed by atoms with Crippen molar-refractivity contribution in [3.8, 4) is 22.8 Å². The van der Waals surface area contributed by atoms with Gasteiger partial charge in [0.25, 0.3) is 5.91 Å². The van der Waals surface area contributed by atoms with E-state index in [0.29, 0.717) is 47.8 Å².